The number of rotatable bonds is 6. The third-order valence-electron chi connectivity index (χ3n) is 5.94. The van der Waals surface area contributed by atoms with Crippen molar-refractivity contribution in [3.05, 3.63) is 29.5 Å². The van der Waals surface area contributed by atoms with Crippen LogP contribution in [0.1, 0.15) is 49.0 Å². The molecule has 0 unspecified atom stereocenters. The van der Waals surface area contributed by atoms with Gasteiger partial charge < -0.3 is 14.7 Å². The Balaban J connectivity index is 2.02. The van der Waals surface area contributed by atoms with Crippen LogP contribution in [0, 0.1) is 5.92 Å². The Morgan fingerprint density at radius 3 is 2.77 bits per heavy atom. The van der Waals surface area contributed by atoms with Gasteiger partial charge in [-0.3, -0.25) is 4.79 Å². The molecule has 1 aliphatic carbocycles. The Bertz CT molecular complexity index is 931. The van der Waals surface area contributed by atoms with Gasteiger partial charge in [0.2, 0.25) is 15.9 Å². The lowest BCUT2D eigenvalue weighted by Crippen LogP contribution is -2.50. The predicted molar refractivity (Wildman–Crippen MR) is 115 cm³/mol. The average molecular weight is 438 g/mol. The monoisotopic (exact) mass is 437 g/mol. The molecule has 3 atom stereocenters. The molecule has 0 saturated carbocycles. The maximum absolute atomic E-state index is 13.4. The van der Waals surface area contributed by atoms with Crippen molar-refractivity contribution in [3.8, 4) is 5.88 Å². The van der Waals surface area contributed by atoms with Crippen molar-refractivity contribution in [3.63, 3.8) is 0 Å². The third kappa shape index (κ3) is 4.84. The largest absolute Gasteiger partial charge is 0.472 e. The van der Waals surface area contributed by atoms with Crippen molar-refractivity contribution >= 4 is 21.5 Å². The van der Waals surface area contributed by atoms with E-state index in [1.165, 1.54) is 16.9 Å². The molecule has 0 radical (unpaired) electrons. The molecule has 0 saturated heterocycles. The number of aromatic nitrogens is 1. The zero-order valence-corrected chi connectivity index (χ0v) is 18.9. The van der Waals surface area contributed by atoms with Gasteiger partial charge in [0.25, 0.3) is 5.91 Å². The molecule has 1 aliphatic heterocycles. The van der Waals surface area contributed by atoms with Crippen LogP contribution < -0.4 is 4.74 Å². The van der Waals surface area contributed by atoms with Gasteiger partial charge in [-0.1, -0.05) is 13.0 Å². The Hall–Kier alpha value is -1.97. The van der Waals surface area contributed by atoms with Crippen molar-refractivity contribution in [1.29, 1.82) is 0 Å². The molecule has 8 nitrogen and oxygen atoms in total. The van der Waals surface area contributed by atoms with Crippen LogP contribution in [0.15, 0.2) is 18.3 Å². The lowest BCUT2D eigenvalue weighted by atomic mass is 9.99. The number of aliphatic hydroxyl groups excluding tert-OH is 1. The second-order valence-electron chi connectivity index (χ2n) is 8.36. The predicted octanol–water partition coefficient (Wildman–Crippen LogP) is 1.76. The summed E-state index contributed by atoms with van der Waals surface area (Å²) in [5.41, 5.74) is 2.42. The molecule has 30 heavy (non-hydrogen) atoms. The molecule has 3 rings (SSSR count). The standard InChI is InChI=1S/C21H31N3O5S/c1-14-11-24(15(2)13-25)21(26)18-9-17(16-7-5-6-8-16)10-22-20(18)29-19(14)12-23(3)30(4,27)28/h7,9-10,14-15,19,25H,5-6,8,11-13H2,1-4H3/t14-,15+,19-/m1/s1. The number of fused-ring (bicyclic) bond motifs is 1. The quantitative estimate of drug-likeness (QED) is 0.728. The summed E-state index contributed by atoms with van der Waals surface area (Å²) in [7, 11) is -1.87. The van der Waals surface area contributed by atoms with E-state index in [2.05, 4.69) is 11.1 Å². The zero-order valence-electron chi connectivity index (χ0n) is 18.0. The molecule has 2 heterocycles. The number of carbonyl (C=O) groups excluding carboxylic acids is 1. The molecule has 1 amide bonds. The van der Waals surface area contributed by atoms with Gasteiger partial charge in [0.1, 0.15) is 11.7 Å². The number of ether oxygens (including phenoxy) is 1. The summed E-state index contributed by atoms with van der Waals surface area (Å²) in [6.45, 7) is 4.02. The minimum atomic E-state index is -3.38. The van der Waals surface area contributed by atoms with E-state index in [4.69, 9.17) is 4.74 Å². The van der Waals surface area contributed by atoms with Crippen LogP contribution in [0.4, 0.5) is 0 Å². The van der Waals surface area contributed by atoms with E-state index in [9.17, 15) is 18.3 Å². The SMILES string of the molecule is C[C@@H]1CN([C@@H](C)CO)C(=O)c2cc(C3=CCCC3)cnc2O[C@@H]1CN(C)S(C)(=O)=O. The van der Waals surface area contributed by atoms with Crippen molar-refractivity contribution in [2.45, 2.75) is 45.3 Å². The fourth-order valence-electron chi connectivity index (χ4n) is 3.82. The Kier molecular flexibility index (Phi) is 6.84. The minimum absolute atomic E-state index is 0.142. The smallest absolute Gasteiger partial charge is 0.259 e. The molecule has 0 bridgehead atoms. The van der Waals surface area contributed by atoms with E-state index in [-0.39, 0.29) is 36.9 Å². The highest BCUT2D eigenvalue weighted by Gasteiger charge is 2.35. The lowest BCUT2D eigenvalue weighted by Gasteiger charge is -2.37. The second-order valence-corrected chi connectivity index (χ2v) is 10.5. The van der Waals surface area contributed by atoms with Crippen molar-refractivity contribution in [2.75, 3.05) is 33.0 Å². The summed E-state index contributed by atoms with van der Waals surface area (Å²) in [4.78, 5) is 19.4. The van der Waals surface area contributed by atoms with Crippen LogP contribution in [0.2, 0.25) is 0 Å². The maximum Gasteiger partial charge on any atom is 0.259 e. The van der Waals surface area contributed by atoms with E-state index < -0.39 is 16.1 Å². The van der Waals surface area contributed by atoms with Gasteiger partial charge in [0.05, 0.1) is 25.4 Å². The highest BCUT2D eigenvalue weighted by molar-refractivity contribution is 7.88. The summed E-state index contributed by atoms with van der Waals surface area (Å²) >= 11 is 0. The Morgan fingerprint density at radius 1 is 1.43 bits per heavy atom. The molecule has 9 heteroatoms. The van der Waals surface area contributed by atoms with Gasteiger partial charge in [-0.25, -0.2) is 17.7 Å². The second kappa shape index (κ2) is 9.03. The molecule has 1 aromatic rings. The lowest BCUT2D eigenvalue weighted by molar-refractivity contribution is 0.0373. The number of carbonyl (C=O) groups is 1. The summed E-state index contributed by atoms with van der Waals surface area (Å²) in [6, 6.07) is 1.43. The van der Waals surface area contributed by atoms with Crippen LogP contribution in [0.25, 0.3) is 5.57 Å². The van der Waals surface area contributed by atoms with Crippen LogP contribution in [-0.4, -0.2) is 78.8 Å². The van der Waals surface area contributed by atoms with Gasteiger partial charge >= 0.3 is 0 Å². The normalized spacial score (nSPS) is 23.5. The van der Waals surface area contributed by atoms with Crippen molar-refractivity contribution in [1.82, 2.24) is 14.2 Å². The number of sulfonamides is 1. The van der Waals surface area contributed by atoms with E-state index in [0.29, 0.717) is 12.1 Å². The molecule has 0 aromatic carbocycles. The molecule has 0 fully saturated rings. The van der Waals surface area contributed by atoms with E-state index in [0.717, 1.165) is 31.1 Å². The number of hydrogen-bond acceptors (Lipinski definition) is 6. The fraction of sp³-hybridized carbons (Fsp3) is 0.619. The first-order valence-corrected chi connectivity index (χ1v) is 12.2. The number of pyridine rings is 1. The number of aliphatic hydroxyl groups is 1. The van der Waals surface area contributed by atoms with Crippen LogP contribution in [0.3, 0.4) is 0 Å². The Labute approximate surface area is 178 Å². The third-order valence-corrected chi connectivity index (χ3v) is 7.22. The number of allylic oxidation sites excluding steroid dienone is 2. The average Bonchev–Trinajstić information content (AvgIpc) is 3.23. The zero-order chi connectivity index (χ0) is 22.1. The number of likely N-dealkylation sites (N-methyl/N-ethyl adjacent to an activating group) is 1. The van der Waals surface area contributed by atoms with E-state index in [1.807, 2.05) is 13.0 Å². The summed E-state index contributed by atoms with van der Waals surface area (Å²) in [6.07, 6.45) is 7.59. The molecule has 166 valence electrons. The number of amides is 1. The van der Waals surface area contributed by atoms with E-state index >= 15 is 0 Å². The minimum Gasteiger partial charge on any atom is -0.472 e. The number of nitrogens with zero attached hydrogens (tertiary/aromatic N) is 3. The molecular formula is C21H31N3O5S. The molecular weight excluding hydrogens is 406 g/mol. The van der Waals surface area contributed by atoms with Gasteiger partial charge in [-0.15, -0.1) is 0 Å². The molecule has 2 aliphatic rings. The summed E-state index contributed by atoms with van der Waals surface area (Å²) in [5, 5.41) is 9.71. The van der Waals surface area contributed by atoms with E-state index in [1.54, 1.807) is 18.0 Å². The molecule has 1 N–H and O–H groups in total. The van der Waals surface area contributed by atoms with Crippen LogP contribution in [0.5, 0.6) is 5.88 Å². The highest BCUT2D eigenvalue weighted by atomic mass is 32.2. The molecule has 0 spiro atoms. The summed E-state index contributed by atoms with van der Waals surface area (Å²) < 4.78 is 31.2. The van der Waals surface area contributed by atoms with Gasteiger partial charge in [0, 0.05) is 25.7 Å². The molecule has 1 aromatic heterocycles. The first kappa shape index (κ1) is 22.7. The Morgan fingerprint density at radius 2 is 2.17 bits per heavy atom. The maximum atomic E-state index is 13.4. The highest BCUT2D eigenvalue weighted by Crippen LogP contribution is 2.32. The van der Waals surface area contributed by atoms with Crippen LogP contribution >= 0.6 is 0 Å². The number of hydrogen-bond donors (Lipinski definition) is 1. The van der Waals surface area contributed by atoms with Gasteiger partial charge in [-0.05, 0) is 43.4 Å². The van der Waals surface area contributed by atoms with Gasteiger partial charge in [0.15, 0.2) is 0 Å². The van der Waals surface area contributed by atoms with Crippen molar-refractivity contribution in [2.24, 2.45) is 5.92 Å². The van der Waals surface area contributed by atoms with Crippen LogP contribution in [-0.2, 0) is 10.0 Å². The fourth-order valence-corrected chi connectivity index (χ4v) is 4.24. The summed E-state index contributed by atoms with van der Waals surface area (Å²) in [5.74, 6) is -0.198. The van der Waals surface area contributed by atoms with Gasteiger partial charge in [-0.2, -0.15) is 0 Å². The van der Waals surface area contributed by atoms with Crippen molar-refractivity contribution < 1.29 is 23.1 Å². The first-order chi connectivity index (χ1) is 14.1. The first-order valence-electron chi connectivity index (χ1n) is 10.3. The topological polar surface area (TPSA) is 100 Å².